The molecule has 0 bridgehead atoms. The van der Waals surface area contributed by atoms with Crippen LogP contribution in [0.5, 0.6) is 0 Å². The van der Waals surface area contributed by atoms with Gasteiger partial charge in [-0.15, -0.1) is 5.10 Å². The minimum atomic E-state index is -4.63. The van der Waals surface area contributed by atoms with E-state index in [1.807, 2.05) is 0 Å². The molecular weight excluding hydrogens is 420 g/mol. The second-order valence-electron chi connectivity index (χ2n) is 6.07. The van der Waals surface area contributed by atoms with Gasteiger partial charge >= 0.3 is 6.18 Å². The quantitative estimate of drug-likeness (QED) is 0.475. The molecule has 2 heterocycles. The third-order valence-electron chi connectivity index (χ3n) is 3.49. The Kier molecular flexibility index (Phi) is 5.44. The van der Waals surface area contributed by atoms with Crippen molar-refractivity contribution in [2.24, 2.45) is 0 Å². The van der Waals surface area contributed by atoms with E-state index in [0.717, 1.165) is 22.7 Å². The molecule has 2 aromatic heterocycles. The summed E-state index contributed by atoms with van der Waals surface area (Å²) in [4.78, 5) is 16.0. The van der Waals surface area contributed by atoms with Gasteiger partial charge in [0, 0.05) is 17.7 Å². The fourth-order valence-corrected chi connectivity index (χ4v) is 3.43. The maximum Gasteiger partial charge on any atom is 0.445 e. The number of aromatic nitrogens is 3. The van der Waals surface area contributed by atoms with Crippen molar-refractivity contribution in [2.75, 3.05) is 0 Å². The van der Waals surface area contributed by atoms with Crippen molar-refractivity contribution < 1.29 is 22.4 Å². The van der Waals surface area contributed by atoms with Crippen LogP contribution in [-0.4, -0.2) is 26.5 Å². The van der Waals surface area contributed by atoms with E-state index in [-0.39, 0.29) is 27.4 Å². The standard InChI is InChI=1S/C17H13ClF4N4OS/c1-8(2)23-13(27)6-5-12-14(10-4-3-9(19)7-11(10)18)24-16-26(12)25-15(28-16)17(20,21)22/h3-8H,1-2H3,(H,23,27)/b6-5+. The van der Waals surface area contributed by atoms with Crippen LogP contribution in [0.25, 0.3) is 22.3 Å². The Labute approximate surface area is 165 Å². The topological polar surface area (TPSA) is 59.3 Å². The number of hydrogen-bond acceptors (Lipinski definition) is 4. The third kappa shape index (κ3) is 4.17. The number of amides is 1. The molecule has 28 heavy (non-hydrogen) atoms. The fourth-order valence-electron chi connectivity index (χ4n) is 2.40. The summed E-state index contributed by atoms with van der Waals surface area (Å²) in [6.45, 7) is 3.53. The first-order chi connectivity index (χ1) is 13.1. The molecule has 148 valence electrons. The first-order valence-electron chi connectivity index (χ1n) is 7.97. The van der Waals surface area contributed by atoms with Crippen LogP contribution >= 0.6 is 22.9 Å². The van der Waals surface area contributed by atoms with E-state index < -0.39 is 22.9 Å². The molecule has 1 aromatic carbocycles. The Morgan fingerprint density at radius 3 is 2.68 bits per heavy atom. The Hall–Kier alpha value is -2.46. The smallest absolute Gasteiger partial charge is 0.350 e. The number of rotatable bonds is 4. The molecule has 0 fully saturated rings. The molecule has 0 spiro atoms. The number of nitrogens with zero attached hydrogens (tertiary/aromatic N) is 3. The Morgan fingerprint density at radius 1 is 1.36 bits per heavy atom. The second kappa shape index (κ2) is 7.51. The number of alkyl halides is 3. The lowest BCUT2D eigenvalue weighted by molar-refractivity contribution is -0.138. The van der Waals surface area contributed by atoms with E-state index in [1.165, 1.54) is 12.1 Å². The fraction of sp³-hybridized carbons (Fsp3) is 0.235. The van der Waals surface area contributed by atoms with Crippen LogP contribution in [0.15, 0.2) is 24.3 Å². The SMILES string of the molecule is CC(C)NC(=O)/C=C/c1c(-c2ccc(F)cc2Cl)nc2sc(C(F)(F)F)nn12. The molecule has 0 atom stereocenters. The zero-order valence-electron chi connectivity index (χ0n) is 14.5. The summed E-state index contributed by atoms with van der Waals surface area (Å²) in [5, 5.41) is 5.15. The molecule has 1 N–H and O–H groups in total. The molecule has 0 radical (unpaired) electrons. The monoisotopic (exact) mass is 432 g/mol. The van der Waals surface area contributed by atoms with Crippen LogP contribution in [0.3, 0.4) is 0 Å². The van der Waals surface area contributed by atoms with Crippen molar-refractivity contribution in [3.05, 3.63) is 45.8 Å². The van der Waals surface area contributed by atoms with Crippen LogP contribution in [0, 0.1) is 5.82 Å². The molecular formula is C17H13ClF4N4OS. The predicted octanol–water partition coefficient (Wildman–Crippen LogP) is 4.81. The summed E-state index contributed by atoms with van der Waals surface area (Å²) in [5.41, 5.74) is 0.610. The number of nitrogens with one attached hydrogen (secondary N) is 1. The first kappa shape index (κ1) is 20.3. The zero-order chi connectivity index (χ0) is 20.6. The number of halogens is 5. The second-order valence-corrected chi connectivity index (χ2v) is 7.43. The minimum absolute atomic E-state index is 0.0306. The predicted molar refractivity (Wildman–Crippen MR) is 98.6 cm³/mol. The molecule has 3 aromatic rings. The van der Waals surface area contributed by atoms with E-state index in [1.54, 1.807) is 13.8 Å². The van der Waals surface area contributed by atoms with Crippen LogP contribution in [-0.2, 0) is 11.0 Å². The highest BCUT2D eigenvalue weighted by Crippen LogP contribution is 2.37. The van der Waals surface area contributed by atoms with Crippen molar-refractivity contribution in [3.63, 3.8) is 0 Å². The summed E-state index contributed by atoms with van der Waals surface area (Å²) < 4.78 is 53.3. The number of carbonyl (C=O) groups excluding carboxylic acids is 1. The largest absolute Gasteiger partial charge is 0.445 e. The Balaban J connectivity index is 2.16. The van der Waals surface area contributed by atoms with Gasteiger partial charge in [-0.2, -0.15) is 13.2 Å². The summed E-state index contributed by atoms with van der Waals surface area (Å²) in [5.74, 6) is -1.01. The van der Waals surface area contributed by atoms with E-state index in [4.69, 9.17) is 11.6 Å². The molecule has 11 heteroatoms. The van der Waals surface area contributed by atoms with Gasteiger partial charge < -0.3 is 5.32 Å². The minimum Gasteiger partial charge on any atom is -0.350 e. The summed E-state index contributed by atoms with van der Waals surface area (Å²) >= 11 is 6.43. The number of fused-ring (bicyclic) bond motifs is 1. The third-order valence-corrected chi connectivity index (χ3v) is 4.76. The van der Waals surface area contributed by atoms with Crippen molar-refractivity contribution in [1.29, 1.82) is 0 Å². The van der Waals surface area contributed by atoms with Gasteiger partial charge in [-0.1, -0.05) is 22.9 Å². The molecule has 5 nitrogen and oxygen atoms in total. The first-order valence-corrected chi connectivity index (χ1v) is 9.16. The summed E-state index contributed by atoms with van der Waals surface area (Å²) in [6.07, 6.45) is -2.17. The molecule has 0 aliphatic heterocycles. The van der Waals surface area contributed by atoms with Crippen molar-refractivity contribution >= 4 is 39.9 Å². The van der Waals surface area contributed by atoms with Crippen LogP contribution in [0.4, 0.5) is 17.6 Å². The molecule has 0 aliphatic carbocycles. The molecule has 1 amide bonds. The maximum atomic E-state index is 13.4. The van der Waals surface area contributed by atoms with Gasteiger partial charge in [-0.3, -0.25) is 4.79 Å². The van der Waals surface area contributed by atoms with E-state index in [9.17, 15) is 22.4 Å². The van der Waals surface area contributed by atoms with E-state index >= 15 is 0 Å². The van der Waals surface area contributed by atoms with Gasteiger partial charge in [0.15, 0.2) is 0 Å². The molecule has 0 saturated heterocycles. The van der Waals surface area contributed by atoms with E-state index in [2.05, 4.69) is 15.4 Å². The van der Waals surface area contributed by atoms with Crippen molar-refractivity contribution in [2.45, 2.75) is 26.1 Å². The average molecular weight is 433 g/mol. The molecule has 0 unspecified atom stereocenters. The number of carbonyl (C=O) groups is 1. The molecule has 3 rings (SSSR count). The lowest BCUT2D eigenvalue weighted by Gasteiger charge is -2.05. The van der Waals surface area contributed by atoms with Crippen molar-refractivity contribution in [3.8, 4) is 11.3 Å². The van der Waals surface area contributed by atoms with Crippen LogP contribution in [0.1, 0.15) is 24.5 Å². The highest BCUT2D eigenvalue weighted by Gasteiger charge is 2.36. The number of benzene rings is 1. The Bertz CT molecular complexity index is 1070. The lowest BCUT2D eigenvalue weighted by atomic mass is 10.1. The van der Waals surface area contributed by atoms with Gasteiger partial charge in [0.25, 0.3) is 0 Å². The van der Waals surface area contributed by atoms with Crippen LogP contribution < -0.4 is 5.32 Å². The molecule has 0 saturated carbocycles. The van der Waals surface area contributed by atoms with Gasteiger partial charge in [0.1, 0.15) is 11.5 Å². The highest BCUT2D eigenvalue weighted by molar-refractivity contribution is 7.16. The van der Waals surface area contributed by atoms with Gasteiger partial charge in [-0.25, -0.2) is 13.9 Å². The van der Waals surface area contributed by atoms with E-state index in [0.29, 0.717) is 16.9 Å². The number of hydrogen-bond donors (Lipinski definition) is 1. The number of imidazole rings is 1. The normalized spacial score (nSPS) is 12.4. The van der Waals surface area contributed by atoms with Gasteiger partial charge in [0.05, 0.1) is 10.7 Å². The highest BCUT2D eigenvalue weighted by atomic mass is 35.5. The lowest BCUT2D eigenvalue weighted by Crippen LogP contribution is -2.28. The zero-order valence-corrected chi connectivity index (χ0v) is 16.1. The van der Waals surface area contributed by atoms with Gasteiger partial charge in [0.2, 0.25) is 15.9 Å². The van der Waals surface area contributed by atoms with Crippen LogP contribution in [0.2, 0.25) is 5.02 Å². The van der Waals surface area contributed by atoms with Gasteiger partial charge in [-0.05, 0) is 38.1 Å². The average Bonchev–Trinajstić information content (AvgIpc) is 3.10. The Morgan fingerprint density at radius 2 is 2.07 bits per heavy atom. The molecule has 0 aliphatic rings. The summed E-state index contributed by atoms with van der Waals surface area (Å²) in [7, 11) is 0. The van der Waals surface area contributed by atoms with Crippen molar-refractivity contribution in [1.82, 2.24) is 19.9 Å². The summed E-state index contributed by atoms with van der Waals surface area (Å²) in [6, 6.07) is 3.46. The maximum absolute atomic E-state index is 13.4.